The van der Waals surface area contributed by atoms with E-state index in [9.17, 15) is 0 Å². The lowest BCUT2D eigenvalue weighted by Crippen LogP contribution is -2.34. The van der Waals surface area contributed by atoms with E-state index in [4.69, 9.17) is 14.5 Å². The van der Waals surface area contributed by atoms with E-state index in [0.29, 0.717) is 17.6 Å². The molecule has 1 aliphatic rings. The molecule has 0 radical (unpaired) electrons. The van der Waals surface area contributed by atoms with E-state index in [1.54, 1.807) is 0 Å². The molecule has 2 aromatic heterocycles. The Kier molecular flexibility index (Phi) is 4.51. The normalized spacial score (nSPS) is 17.0. The zero-order valence-corrected chi connectivity index (χ0v) is 16.8. The molecule has 0 N–H and O–H groups in total. The smallest absolute Gasteiger partial charge is 0.259 e. The summed E-state index contributed by atoms with van der Waals surface area (Å²) >= 11 is 0. The highest BCUT2D eigenvalue weighted by Gasteiger charge is 2.21. The summed E-state index contributed by atoms with van der Waals surface area (Å²) in [5.41, 5.74) is 4.05. The Balaban J connectivity index is 1.59. The first kappa shape index (κ1) is 17.9. The van der Waals surface area contributed by atoms with Crippen LogP contribution < -0.4 is 4.90 Å². The van der Waals surface area contributed by atoms with Crippen LogP contribution in [0.5, 0.6) is 0 Å². The number of hydrogen-bond acceptors (Lipinski definition) is 5. The number of para-hydroxylation sites is 1. The molecule has 5 heteroatoms. The van der Waals surface area contributed by atoms with Gasteiger partial charge in [-0.1, -0.05) is 60.1 Å². The summed E-state index contributed by atoms with van der Waals surface area (Å²) in [5, 5.41) is 5.26. The van der Waals surface area contributed by atoms with Crippen LogP contribution in [0, 0.1) is 12.8 Å². The predicted octanol–water partition coefficient (Wildman–Crippen LogP) is 5.50. The topological polar surface area (TPSA) is 55.1 Å². The molecule has 0 amide bonds. The van der Waals surface area contributed by atoms with Crippen molar-refractivity contribution in [3.8, 4) is 22.8 Å². The first-order chi connectivity index (χ1) is 14.2. The quantitative estimate of drug-likeness (QED) is 0.467. The van der Waals surface area contributed by atoms with Crippen LogP contribution in [0.4, 0.5) is 5.82 Å². The van der Waals surface area contributed by atoms with E-state index in [0.717, 1.165) is 40.9 Å². The predicted molar refractivity (Wildman–Crippen MR) is 116 cm³/mol. The number of nitrogens with zero attached hydrogens (tertiary/aromatic N) is 4. The standard InChI is InChI=1S/C24H24N4O/c1-16-9-11-18(12-10-16)23-26-24(29-27-23)20-14-22(28-13-5-6-17(2)15-28)25-21-8-4-3-7-19(20)21/h3-4,7-12,14,17H,5-6,13,15H2,1-2H3. The maximum atomic E-state index is 5.70. The molecular weight excluding hydrogens is 360 g/mol. The number of fused-ring (bicyclic) bond motifs is 1. The monoisotopic (exact) mass is 384 g/mol. The lowest BCUT2D eigenvalue weighted by Gasteiger charge is -2.32. The minimum Gasteiger partial charge on any atom is -0.356 e. The summed E-state index contributed by atoms with van der Waals surface area (Å²) in [5.74, 6) is 2.80. The first-order valence-corrected chi connectivity index (χ1v) is 10.2. The number of rotatable bonds is 3. The number of aromatic nitrogens is 3. The van der Waals surface area contributed by atoms with Crippen molar-refractivity contribution in [2.75, 3.05) is 18.0 Å². The summed E-state index contributed by atoms with van der Waals surface area (Å²) < 4.78 is 5.70. The number of aryl methyl sites for hydroxylation is 1. The fraction of sp³-hybridized carbons (Fsp3) is 0.292. The highest BCUT2D eigenvalue weighted by Crippen LogP contribution is 2.33. The third-order valence-electron chi connectivity index (χ3n) is 5.65. The van der Waals surface area contributed by atoms with Gasteiger partial charge in [-0.15, -0.1) is 0 Å². The van der Waals surface area contributed by atoms with Crippen LogP contribution in [0.1, 0.15) is 25.3 Å². The summed E-state index contributed by atoms with van der Waals surface area (Å²) in [4.78, 5) is 12.0. The maximum absolute atomic E-state index is 5.70. The molecule has 0 aliphatic carbocycles. The van der Waals surface area contributed by atoms with Gasteiger partial charge in [0.25, 0.3) is 5.89 Å². The fourth-order valence-electron chi connectivity index (χ4n) is 4.05. The maximum Gasteiger partial charge on any atom is 0.259 e. The molecule has 1 fully saturated rings. The van der Waals surface area contributed by atoms with Crippen LogP contribution in [0.25, 0.3) is 33.7 Å². The number of benzene rings is 2. The summed E-state index contributed by atoms with van der Waals surface area (Å²) in [6, 6.07) is 18.4. The average molecular weight is 384 g/mol. The van der Waals surface area contributed by atoms with E-state index in [2.05, 4.69) is 48.2 Å². The third kappa shape index (κ3) is 3.48. The minimum absolute atomic E-state index is 0.533. The van der Waals surface area contributed by atoms with Crippen LogP contribution in [0.2, 0.25) is 0 Å². The van der Waals surface area contributed by atoms with E-state index in [1.165, 1.54) is 18.4 Å². The molecular formula is C24H24N4O. The molecule has 0 saturated carbocycles. The van der Waals surface area contributed by atoms with Crippen molar-refractivity contribution in [3.63, 3.8) is 0 Å². The lowest BCUT2D eigenvalue weighted by molar-refractivity contribution is 0.432. The largest absolute Gasteiger partial charge is 0.356 e. The Hall–Kier alpha value is -3.21. The highest BCUT2D eigenvalue weighted by atomic mass is 16.5. The zero-order chi connectivity index (χ0) is 19.8. The molecule has 146 valence electrons. The van der Waals surface area contributed by atoms with Gasteiger partial charge in [-0.25, -0.2) is 4.98 Å². The van der Waals surface area contributed by atoms with Crippen molar-refractivity contribution in [1.82, 2.24) is 15.1 Å². The van der Waals surface area contributed by atoms with Crippen LogP contribution in [0.15, 0.2) is 59.1 Å². The van der Waals surface area contributed by atoms with Crippen molar-refractivity contribution in [1.29, 1.82) is 0 Å². The van der Waals surface area contributed by atoms with Crippen molar-refractivity contribution >= 4 is 16.7 Å². The molecule has 1 unspecified atom stereocenters. The van der Waals surface area contributed by atoms with Gasteiger partial charge >= 0.3 is 0 Å². The van der Waals surface area contributed by atoms with E-state index in [1.807, 2.05) is 30.3 Å². The highest BCUT2D eigenvalue weighted by molar-refractivity contribution is 5.94. The molecule has 1 aliphatic heterocycles. The second-order valence-electron chi connectivity index (χ2n) is 8.03. The Labute approximate surface area is 170 Å². The summed E-state index contributed by atoms with van der Waals surface area (Å²) in [6.45, 7) is 6.44. The Morgan fingerprint density at radius 2 is 1.86 bits per heavy atom. The number of anilines is 1. The van der Waals surface area contributed by atoms with Crippen molar-refractivity contribution in [3.05, 3.63) is 60.2 Å². The van der Waals surface area contributed by atoms with E-state index in [-0.39, 0.29) is 0 Å². The molecule has 0 bridgehead atoms. The molecule has 5 rings (SSSR count). The van der Waals surface area contributed by atoms with Gasteiger partial charge in [0, 0.05) is 24.0 Å². The molecule has 0 spiro atoms. The van der Waals surface area contributed by atoms with Gasteiger partial charge in [-0.2, -0.15) is 4.98 Å². The van der Waals surface area contributed by atoms with E-state index >= 15 is 0 Å². The lowest BCUT2D eigenvalue weighted by atomic mass is 10.00. The van der Waals surface area contributed by atoms with Crippen molar-refractivity contribution < 1.29 is 4.52 Å². The van der Waals surface area contributed by atoms with Crippen LogP contribution in [-0.2, 0) is 0 Å². The SMILES string of the molecule is Cc1ccc(-c2noc(-c3cc(N4CCCC(C)C4)nc4ccccc34)n2)cc1. The van der Waals surface area contributed by atoms with Gasteiger partial charge in [0.1, 0.15) is 5.82 Å². The molecule has 5 nitrogen and oxygen atoms in total. The fourth-order valence-corrected chi connectivity index (χ4v) is 4.05. The Morgan fingerprint density at radius 3 is 2.69 bits per heavy atom. The minimum atomic E-state index is 0.533. The Morgan fingerprint density at radius 1 is 1.03 bits per heavy atom. The third-order valence-corrected chi connectivity index (χ3v) is 5.65. The van der Waals surface area contributed by atoms with Crippen LogP contribution in [0.3, 0.4) is 0 Å². The number of pyridine rings is 1. The number of piperidine rings is 1. The Bertz CT molecular complexity index is 1150. The van der Waals surface area contributed by atoms with Gasteiger partial charge in [0.15, 0.2) is 0 Å². The second kappa shape index (κ2) is 7.32. The molecule has 1 saturated heterocycles. The van der Waals surface area contributed by atoms with Gasteiger partial charge < -0.3 is 9.42 Å². The van der Waals surface area contributed by atoms with Gasteiger partial charge in [0.2, 0.25) is 5.82 Å². The molecule has 4 aromatic rings. The van der Waals surface area contributed by atoms with Crippen molar-refractivity contribution in [2.45, 2.75) is 26.7 Å². The second-order valence-corrected chi connectivity index (χ2v) is 8.03. The summed E-state index contributed by atoms with van der Waals surface area (Å²) in [6.07, 6.45) is 2.48. The van der Waals surface area contributed by atoms with Crippen LogP contribution >= 0.6 is 0 Å². The molecule has 1 atom stereocenters. The summed E-state index contributed by atoms with van der Waals surface area (Å²) in [7, 11) is 0. The van der Waals surface area contributed by atoms with Crippen molar-refractivity contribution in [2.24, 2.45) is 5.92 Å². The van der Waals surface area contributed by atoms with Gasteiger partial charge in [-0.05, 0) is 37.8 Å². The van der Waals surface area contributed by atoms with Gasteiger partial charge in [0.05, 0.1) is 11.1 Å². The zero-order valence-electron chi connectivity index (χ0n) is 16.8. The number of hydrogen-bond donors (Lipinski definition) is 0. The van der Waals surface area contributed by atoms with Crippen LogP contribution in [-0.4, -0.2) is 28.2 Å². The molecule has 3 heterocycles. The van der Waals surface area contributed by atoms with E-state index < -0.39 is 0 Å². The average Bonchev–Trinajstić information content (AvgIpc) is 3.23. The first-order valence-electron chi connectivity index (χ1n) is 10.2. The van der Waals surface area contributed by atoms with Gasteiger partial charge in [-0.3, -0.25) is 0 Å². The molecule has 2 aromatic carbocycles. The molecule has 29 heavy (non-hydrogen) atoms.